The van der Waals surface area contributed by atoms with Crippen LogP contribution in [0.15, 0.2) is 48.5 Å². The second-order valence-electron chi connectivity index (χ2n) is 15.9. The first-order valence-corrected chi connectivity index (χ1v) is 29.5. The van der Waals surface area contributed by atoms with Gasteiger partial charge in [0, 0.05) is 5.56 Å². The molecular weight excluding hydrogens is 605 g/mol. The van der Waals surface area contributed by atoms with E-state index in [0.29, 0.717) is 12.2 Å². The number of aliphatic hydroxyl groups is 1. The summed E-state index contributed by atoms with van der Waals surface area (Å²) in [5.41, 5.74) is 4.32. The Balaban J connectivity index is 2.15. The maximum Gasteiger partial charge on any atom is 0.221 e. The highest BCUT2D eigenvalue weighted by Crippen LogP contribution is 2.43. The van der Waals surface area contributed by atoms with E-state index in [1.54, 1.807) is 0 Å². The minimum atomic E-state index is -2.20. The lowest BCUT2D eigenvalue weighted by atomic mass is 9.87. The van der Waals surface area contributed by atoms with Crippen molar-refractivity contribution in [3.8, 4) is 0 Å². The molecule has 0 spiro atoms. The van der Waals surface area contributed by atoms with E-state index in [0.717, 1.165) is 18.4 Å². The number of aryl methyl sites for hydroxylation is 1. The van der Waals surface area contributed by atoms with Gasteiger partial charge < -0.3 is 27.5 Å². The van der Waals surface area contributed by atoms with Crippen molar-refractivity contribution in [2.75, 3.05) is 6.61 Å². The fourth-order valence-corrected chi connectivity index (χ4v) is 9.21. The lowest BCUT2D eigenvalue weighted by Crippen LogP contribution is -2.69. The summed E-state index contributed by atoms with van der Waals surface area (Å²) >= 11 is 0. The largest absolute Gasteiger partial charge is 0.415 e. The number of rotatable bonds is 13. The molecule has 0 aromatic heterocycles. The Labute approximate surface area is 266 Å². The maximum atomic E-state index is 12.8. The van der Waals surface area contributed by atoms with E-state index >= 15 is 0 Å². The van der Waals surface area contributed by atoms with Crippen LogP contribution < -0.4 is 0 Å². The highest BCUT2D eigenvalue weighted by molar-refractivity contribution is 6.71. The van der Waals surface area contributed by atoms with Gasteiger partial charge >= 0.3 is 0 Å². The van der Waals surface area contributed by atoms with Crippen molar-refractivity contribution in [1.82, 2.24) is 0 Å². The molecule has 3 rings (SSSR count). The summed E-state index contributed by atoms with van der Waals surface area (Å²) in [4.78, 5) is 0. The van der Waals surface area contributed by atoms with Gasteiger partial charge in [-0.3, -0.25) is 0 Å². The average Bonchev–Trinajstić information content (AvgIpc) is 2.85. The molecule has 0 radical (unpaired) electrons. The molecule has 1 saturated heterocycles. The van der Waals surface area contributed by atoms with Gasteiger partial charge in [0.05, 0.1) is 6.61 Å². The van der Waals surface area contributed by atoms with E-state index in [2.05, 4.69) is 122 Å². The first-order chi connectivity index (χ1) is 19.6. The molecule has 43 heavy (non-hydrogen) atoms. The van der Waals surface area contributed by atoms with E-state index in [9.17, 15) is 5.11 Å². The molecule has 0 saturated carbocycles. The Kier molecular flexibility index (Phi) is 11.7. The summed E-state index contributed by atoms with van der Waals surface area (Å²) in [6.07, 6.45) is -0.484. The smallest absolute Gasteiger partial charge is 0.221 e. The van der Waals surface area contributed by atoms with Crippen LogP contribution in [0.4, 0.5) is 0 Å². The molecule has 0 aliphatic carbocycles. The van der Waals surface area contributed by atoms with Gasteiger partial charge in [-0.1, -0.05) is 49.4 Å². The summed E-state index contributed by atoms with van der Waals surface area (Å²) < 4.78 is 34.0. The van der Waals surface area contributed by atoms with E-state index < -0.39 is 63.5 Å². The second kappa shape index (κ2) is 13.8. The van der Waals surface area contributed by atoms with Crippen molar-refractivity contribution < 1.29 is 27.5 Å². The molecule has 6 nitrogen and oxygen atoms in total. The third-order valence-electron chi connectivity index (χ3n) is 7.03. The topological polar surface area (TPSA) is 66.4 Å². The molecule has 1 aliphatic rings. The highest BCUT2D eigenvalue weighted by Gasteiger charge is 2.59. The standard InChI is InChI=1S/C33H58O6Si4/c1-14-25-18-20-26(21-19-25)22-27-16-15-17-28(23-27)33(34)32(39-43(11,12)13)31(38-42(8,9)10)30(37-41(5,6)7)29(36-33)24-35-40(2,3)4/h15-21,23,29-32,34H,14,22,24H2,1-13H3/t29-,30-,31+,32-,33?/m1/s1. The van der Waals surface area contributed by atoms with Gasteiger partial charge in [-0.15, -0.1) is 0 Å². The molecule has 1 N–H and O–H groups in total. The predicted molar refractivity (Wildman–Crippen MR) is 188 cm³/mol. The molecule has 242 valence electrons. The van der Waals surface area contributed by atoms with Gasteiger partial charge in [-0.25, -0.2) is 0 Å². The van der Waals surface area contributed by atoms with E-state index in [1.807, 2.05) is 12.1 Å². The van der Waals surface area contributed by atoms with Crippen LogP contribution >= 0.6 is 0 Å². The Hall–Kier alpha value is -0.932. The quantitative estimate of drug-likeness (QED) is 0.220. The Morgan fingerprint density at radius 3 is 1.72 bits per heavy atom. The van der Waals surface area contributed by atoms with Crippen LogP contribution in [0.25, 0.3) is 0 Å². The zero-order valence-electron chi connectivity index (χ0n) is 29.0. The van der Waals surface area contributed by atoms with Gasteiger partial charge in [-0.2, -0.15) is 0 Å². The number of benzene rings is 2. The van der Waals surface area contributed by atoms with Gasteiger partial charge in [0.15, 0.2) is 33.3 Å². The molecule has 1 fully saturated rings. The molecule has 2 aromatic rings. The number of hydrogen-bond donors (Lipinski definition) is 1. The fraction of sp³-hybridized carbons (Fsp3) is 0.636. The lowest BCUT2D eigenvalue weighted by molar-refractivity contribution is -0.348. The van der Waals surface area contributed by atoms with Crippen molar-refractivity contribution >= 4 is 33.3 Å². The minimum Gasteiger partial charge on any atom is -0.415 e. The minimum absolute atomic E-state index is 0.321. The van der Waals surface area contributed by atoms with Crippen LogP contribution in [0, 0.1) is 0 Å². The van der Waals surface area contributed by atoms with Crippen molar-refractivity contribution in [1.29, 1.82) is 0 Å². The molecule has 1 aliphatic heterocycles. The van der Waals surface area contributed by atoms with Crippen LogP contribution in [-0.2, 0) is 41.1 Å². The average molecular weight is 663 g/mol. The number of hydrogen-bond acceptors (Lipinski definition) is 6. The van der Waals surface area contributed by atoms with Crippen LogP contribution in [0.3, 0.4) is 0 Å². The molecule has 0 bridgehead atoms. The van der Waals surface area contributed by atoms with E-state index in [1.165, 1.54) is 11.1 Å². The molecule has 10 heteroatoms. The molecule has 5 atom stereocenters. The van der Waals surface area contributed by atoms with Crippen LogP contribution in [0.5, 0.6) is 0 Å². The summed E-state index contributed by atoms with van der Waals surface area (Å²) in [7, 11) is -8.30. The second-order valence-corrected chi connectivity index (χ2v) is 33.8. The lowest BCUT2D eigenvalue weighted by Gasteiger charge is -2.54. The molecule has 1 heterocycles. The monoisotopic (exact) mass is 662 g/mol. The predicted octanol–water partition coefficient (Wildman–Crippen LogP) is 7.90. The van der Waals surface area contributed by atoms with Crippen molar-refractivity contribution in [3.05, 3.63) is 70.8 Å². The van der Waals surface area contributed by atoms with Crippen LogP contribution in [0.1, 0.15) is 29.2 Å². The highest BCUT2D eigenvalue weighted by atomic mass is 28.4. The summed E-state index contributed by atoms with van der Waals surface area (Å²) in [5, 5.41) is 12.8. The zero-order chi connectivity index (χ0) is 32.4. The molecular formula is C33H58O6Si4. The molecule has 2 aromatic carbocycles. The van der Waals surface area contributed by atoms with Gasteiger partial charge in [-0.05, 0) is 114 Å². The zero-order valence-corrected chi connectivity index (χ0v) is 33.0. The van der Waals surface area contributed by atoms with Gasteiger partial charge in [0.2, 0.25) is 5.79 Å². The normalized spacial score (nSPS) is 25.6. The summed E-state index contributed by atoms with van der Waals surface area (Å²) in [5.74, 6) is -1.75. The first-order valence-electron chi connectivity index (χ1n) is 15.8. The summed E-state index contributed by atoms with van der Waals surface area (Å²) in [6, 6.07) is 16.9. The van der Waals surface area contributed by atoms with Gasteiger partial charge in [0.1, 0.15) is 24.4 Å². The van der Waals surface area contributed by atoms with Crippen LogP contribution in [-0.4, -0.2) is 69.4 Å². The van der Waals surface area contributed by atoms with Gasteiger partial charge in [0.25, 0.3) is 0 Å². The molecule has 1 unspecified atom stereocenters. The SMILES string of the molecule is CCc1ccc(Cc2cccc(C3(O)O[C@H](CO[Si](C)(C)C)[C@@H](O[Si](C)(C)C)[C@H](O[Si](C)(C)C)[C@H]3O[Si](C)(C)C)c2)cc1. The van der Waals surface area contributed by atoms with Crippen molar-refractivity contribution in [2.24, 2.45) is 0 Å². The fourth-order valence-electron chi connectivity index (χ4n) is 5.31. The Bertz CT molecular complexity index is 1180. The van der Waals surface area contributed by atoms with Crippen molar-refractivity contribution in [3.63, 3.8) is 0 Å². The molecule has 0 amide bonds. The third-order valence-corrected chi connectivity index (χ3v) is 11.0. The van der Waals surface area contributed by atoms with Crippen LogP contribution in [0.2, 0.25) is 78.6 Å². The van der Waals surface area contributed by atoms with Crippen molar-refractivity contribution in [2.45, 2.75) is 129 Å². The van der Waals surface area contributed by atoms with E-state index in [4.69, 9.17) is 22.4 Å². The Morgan fingerprint density at radius 1 is 0.674 bits per heavy atom. The summed E-state index contributed by atoms with van der Waals surface area (Å²) in [6.45, 7) is 28.5. The maximum absolute atomic E-state index is 12.8. The first kappa shape index (κ1) is 36.5. The van der Waals surface area contributed by atoms with E-state index in [-0.39, 0.29) is 0 Å². The third kappa shape index (κ3) is 11.1. The Morgan fingerprint density at radius 2 is 1.21 bits per heavy atom. The number of ether oxygens (including phenoxy) is 1.